The van der Waals surface area contributed by atoms with Crippen molar-refractivity contribution < 1.29 is 13.2 Å². The molecule has 1 unspecified atom stereocenters. The van der Waals surface area contributed by atoms with Crippen LogP contribution in [0.5, 0.6) is 0 Å². The van der Waals surface area contributed by atoms with Crippen LogP contribution in [-0.4, -0.2) is 36.1 Å². The molecule has 1 aromatic heterocycles. The van der Waals surface area contributed by atoms with Crippen LogP contribution in [0.15, 0.2) is 6.07 Å². The van der Waals surface area contributed by atoms with Gasteiger partial charge in [0.25, 0.3) is 0 Å². The number of amides is 1. The van der Waals surface area contributed by atoms with Gasteiger partial charge >= 0.3 is 0 Å². The third kappa shape index (κ3) is 2.60. The van der Waals surface area contributed by atoms with Crippen molar-refractivity contribution in [3.8, 4) is 0 Å². The summed E-state index contributed by atoms with van der Waals surface area (Å²) in [7, 11) is -3.74. The van der Waals surface area contributed by atoms with Gasteiger partial charge in [0, 0.05) is 19.0 Å². The molecular formula is C9H11ClN4O3S. The van der Waals surface area contributed by atoms with Crippen LogP contribution in [0.1, 0.15) is 12.2 Å². The number of aryl methyl sites for hydroxylation is 1. The standard InChI is InChI=1S/C9H11ClN4O3S/c1-5-12-7(10)3-8(13-5)14-4-6(2-9(14)15)18(11,16)17/h3,6H,2,4H2,1H3,(H2,11,16,17). The third-order valence-corrected chi connectivity index (χ3v) is 4.06. The lowest BCUT2D eigenvalue weighted by Gasteiger charge is -2.15. The lowest BCUT2D eigenvalue weighted by molar-refractivity contribution is -0.117. The fraction of sp³-hybridized carbons (Fsp3) is 0.444. The number of nitrogens with two attached hydrogens (primary N) is 1. The largest absolute Gasteiger partial charge is 0.295 e. The highest BCUT2D eigenvalue weighted by molar-refractivity contribution is 7.89. The quantitative estimate of drug-likeness (QED) is 0.761. The summed E-state index contributed by atoms with van der Waals surface area (Å²) >= 11 is 5.77. The number of halogens is 1. The second-order valence-corrected chi connectivity index (χ2v) is 6.25. The topological polar surface area (TPSA) is 106 Å². The minimum absolute atomic E-state index is 0.00948. The van der Waals surface area contributed by atoms with Crippen molar-refractivity contribution >= 4 is 33.3 Å². The van der Waals surface area contributed by atoms with Gasteiger partial charge in [0.15, 0.2) is 0 Å². The Hall–Kier alpha value is -1.25. The molecule has 1 atom stereocenters. The van der Waals surface area contributed by atoms with Crippen LogP contribution in [0.25, 0.3) is 0 Å². The molecule has 2 heterocycles. The lowest BCUT2D eigenvalue weighted by atomic mass is 10.4. The van der Waals surface area contributed by atoms with E-state index in [1.807, 2.05) is 0 Å². The fourth-order valence-electron chi connectivity index (χ4n) is 1.77. The molecule has 1 aliphatic heterocycles. The number of carbonyl (C=O) groups excluding carboxylic acids is 1. The van der Waals surface area contributed by atoms with E-state index in [9.17, 15) is 13.2 Å². The van der Waals surface area contributed by atoms with Crippen LogP contribution in [-0.2, 0) is 14.8 Å². The molecule has 0 spiro atoms. The van der Waals surface area contributed by atoms with Crippen LogP contribution in [0.2, 0.25) is 5.15 Å². The molecular weight excluding hydrogens is 280 g/mol. The van der Waals surface area contributed by atoms with E-state index in [2.05, 4.69) is 9.97 Å². The number of hydrogen-bond acceptors (Lipinski definition) is 5. The summed E-state index contributed by atoms with van der Waals surface area (Å²) in [5.41, 5.74) is 0. The normalized spacial score (nSPS) is 20.5. The molecule has 2 rings (SSSR count). The Balaban J connectivity index is 2.32. The van der Waals surface area contributed by atoms with Crippen LogP contribution < -0.4 is 10.0 Å². The maximum absolute atomic E-state index is 11.8. The first-order valence-electron chi connectivity index (χ1n) is 5.10. The van der Waals surface area contributed by atoms with E-state index in [0.29, 0.717) is 11.6 Å². The first-order chi connectivity index (χ1) is 8.27. The van der Waals surface area contributed by atoms with Gasteiger partial charge in [-0.25, -0.2) is 23.5 Å². The van der Waals surface area contributed by atoms with E-state index >= 15 is 0 Å². The van der Waals surface area contributed by atoms with Gasteiger partial charge in [-0.1, -0.05) is 11.6 Å². The van der Waals surface area contributed by atoms with E-state index in [1.54, 1.807) is 6.92 Å². The van der Waals surface area contributed by atoms with E-state index in [4.69, 9.17) is 16.7 Å². The molecule has 0 aromatic carbocycles. The highest BCUT2D eigenvalue weighted by Crippen LogP contribution is 2.24. The van der Waals surface area contributed by atoms with Crippen molar-refractivity contribution in [3.05, 3.63) is 17.0 Å². The Morgan fingerprint density at radius 1 is 1.50 bits per heavy atom. The van der Waals surface area contributed by atoms with Crippen molar-refractivity contribution in [1.29, 1.82) is 0 Å². The Morgan fingerprint density at radius 3 is 2.67 bits per heavy atom. The molecule has 0 saturated carbocycles. The molecule has 1 aliphatic rings. The van der Waals surface area contributed by atoms with E-state index < -0.39 is 15.3 Å². The van der Waals surface area contributed by atoms with Gasteiger partial charge in [-0.15, -0.1) is 0 Å². The van der Waals surface area contributed by atoms with Crippen molar-refractivity contribution in [2.24, 2.45) is 5.14 Å². The number of carbonyl (C=O) groups is 1. The molecule has 98 valence electrons. The minimum atomic E-state index is -3.74. The zero-order valence-corrected chi connectivity index (χ0v) is 11.1. The molecule has 0 aliphatic carbocycles. The second kappa shape index (κ2) is 4.45. The Morgan fingerprint density at radius 2 is 2.17 bits per heavy atom. The summed E-state index contributed by atoms with van der Waals surface area (Å²) in [4.78, 5) is 20.9. The highest BCUT2D eigenvalue weighted by Gasteiger charge is 2.37. The maximum atomic E-state index is 11.8. The predicted octanol–water partition coefficient (Wildman–Crippen LogP) is -0.168. The van der Waals surface area contributed by atoms with E-state index in [1.165, 1.54) is 11.0 Å². The molecule has 18 heavy (non-hydrogen) atoms. The zero-order chi connectivity index (χ0) is 13.5. The zero-order valence-electron chi connectivity index (χ0n) is 9.50. The average molecular weight is 291 g/mol. The Kier molecular flexibility index (Phi) is 3.26. The van der Waals surface area contributed by atoms with E-state index in [-0.39, 0.29) is 24.0 Å². The fourth-order valence-corrected chi connectivity index (χ4v) is 2.72. The summed E-state index contributed by atoms with van der Waals surface area (Å²) < 4.78 is 22.5. The summed E-state index contributed by atoms with van der Waals surface area (Å²) in [5, 5.41) is 4.33. The number of nitrogens with zero attached hydrogens (tertiary/aromatic N) is 3. The van der Waals surface area contributed by atoms with Gasteiger partial charge in [0.1, 0.15) is 22.0 Å². The van der Waals surface area contributed by atoms with Crippen LogP contribution >= 0.6 is 11.6 Å². The summed E-state index contributed by atoms with van der Waals surface area (Å²) in [6, 6.07) is 1.41. The van der Waals surface area contributed by atoms with Gasteiger partial charge in [0.05, 0.1) is 0 Å². The first-order valence-corrected chi connectivity index (χ1v) is 7.09. The molecule has 1 saturated heterocycles. The molecule has 1 fully saturated rings. The Bertz CT molecular complexity index is 584. The number of rotatable bonds is 2. The number of aromatic nitrogens is 2. The number of hydrogen-bond donors (Lipinski definition) is 1. The van der Waals surface area contributed by atoms with Crippen molar-refractivity contribution in [1.82, 2.24) is 9.97 Å². The molecule has 1 amide bonds. The molecule has 1 aromatic rings. The number of primary sulfonamides is 1. The van der Waals surface area contributed by atoms with Gasteiger partial charge < -0.3 is 0 Å². The van der Waals surface area contributed by atoms with Crippen LogP contribution in [0, 0.1) is 6.92 Å². The maximum Gasteiger partial charge on any atom is 0.229 e. The van der Waals surface area contributed by atoms with Gasteiger partial charge in [0.2, 0.25) is 15.9 Å². The summed E-state index contributed by atoms with van der Waals surface area (Å²) in [6.07, 6.45) is -0.139. The molecule has 7 nitrogen and oxygen atoms in total. The first kappa shape index (κ1) is 13.2. The van der Waals surface area contributed by atoms with E-state index in [0.717, 1.165) is 0 Å². The molecule has 2 N–H and O–H groups in total. The molecule has 0 radical (unpaired) electrons. The lowest BCUT2D eigenvalue weighted by Crippen LogP contribution is -2.32. The third-order valence-electron chi connectivity index (χ3n) is 2.62. The van der Waals surface area contributed by atoms with Crippen molar-refractivity contribution in [3.63, 3.8) is 0 Å². The number of anilines is 1. The monoisotopic (exact) mass is 290 g/mol. The van der Waals surface area contributed by atoms with Gasteiger partial charge in [-0.3, -0.25) is 9.69 Å². The van der Waals surface area contributed by atoms with Crippen molar-refractivity contribution in [2.45, 2.75) is 18.6 Å². The smallest absolute Gasteiger partial charge is 0.229 e. The number of sulfonamides is 1. The van der Waals surface area contributed by atoms with Crippen LogP contribution in [0.3, 0.4) is 0 Å². The average Bonchev–Trinajstić information content (AvgIpc) is 2.58. The summed E-state index contributed by atoms with van der Waals surface area (Å²) in [5.74, 6) is 0.358. The SMILES string of the molecule is Cc1nc(Cl)cc(N2CC(S(N)(=O)=O)CC2=O)n1. The molecule has 0 bridgehead atoms. The predicted molar refractivity (Wildman–Crippen MR) is 65.6 cm³/mol. The van der Waals surface area contributed by atoms with Gasteiger partial charge in [-0.2, -0.15) is 0 Å². The highest BCUT2D eigenvalue weighted by atomic mass is 35.5. The summed E-state index contributed by atoms with van der Waals surface area (Å²) in [6.45, 7) is 1.62. The van der Waals surface area contributed by atoms with Crippen LogP contribution in [0.4, 0.5) is 5.82 Å². The minimum Gasteiger partial charge on any atom is -0.295 e. The Labute approximate surface area is 109 Å². The van der Waals surface area contributed by atoms with Crippen molar-refractivity contribution in [2.75, 3.05) is 11.4 Å². The molecule has 9 heteroatoms. The van der Waals surface area contributed by atoms with Gasteiger partial charge in [-0.05, 0) is 6.92 Å². The second-order valence-electron chi connectivity index (χ2n) is 4.02.